The Labute approximate surface area is 157 Å². The molecule has 0 aliphatic carbocycles. The molecule has 5 rings (SSSR count). The molecule has 0 unspecified atom stereocenters. The number of rotatable bonds is 1. The van der Waals surface area contributed by atoms with Gasteiger partial charge in [-0.2, -0.15) is 9.61 Å². The first-order valence-electron chi connectivity index (χ1n) is 9.26. The fourth-order valence-electron chi connectivity index (χ4n) is 3.48. The van der Waals surface area contributed by atoms with Crippen molar-refractivity contribution >= 4 is 22.2 Å². The molecule has 0 fully saturated rings. The summed E-state index contributed by atoms with van der Waals surface area (Å²) in [6.45, 7) is 5.03. The van der Waals surface area contributed by atoms with Crippen molar-refractivity contribution in [2.75, 3.05) is 18.5 Å². The lowest BCUT2D eigenvalue weighted by molar-refractivity contribution is 0.480. The molecule has 0 spiro atoms. The van der Waals surface area contributed by atoms with Crippen LogP contribution in [0.4, 0.5) is 5.69 Å². The third kappa shape index (κ3) is 2.75. The van der Waals surface area contributed by atoms with Crippen LogP contribution in [0.25, 0.3) is 28.1 Å². The molecule has 1 aromatic carbocycles. The van der Waals surface area contributed by atoms with Crippen molar-refractivity contribution in [3.05, 3.63) is 42.1 Å². The lowest BCUT2D eigenvalue weighted by Gasteiger charge is -2.26. The van der Waals surface area contributed by atoms with E-state index in [2.05, 4.69) is 32.2 Å². The van der Waals surface area contributed by atoms with Crippen LogP contribution in [-0.4, -0.2) is 43.5 Å². The normalized spacial score (nSPS) is 13.4. The first-order chi connectivity index (χ1) is 13.2. The minimum Gasteiger partial charge on any atom is -0.506 e. The van der Waals surface area contributed by atoms with E-state index in [1.165, 1.54) is 5.56 Å². The van der Waals surface area contributed by atoms with Crippen molar-refractivity contribution in [1.29, 1.82) is 0 Å². The summed E-state index contributed by atoms with van der Waals surface area (Å²) in [6, 6.07) is 9.15. The van der Waals surface area contributed by atoms with E-state index >= 15 is 0 Å². The van der Waals surface area contributed by atoms with Crippen LogP contribution in [0.2, 0.25) is 0 Å². The molecule has 7 nitrogen and oxygen atoms in total. The maximum atomic E-state index is 10.1. The second-order valence-corrected chi connectivity index (χ2v) is 6.34. The number of aryl methyl sites for hydroxylation is 1. The Balaban J connectivity index is 0.000000872. The van der Waals surface area contributed by atoms with Gasteiger partial charge in [0.25, 0.3) is 0 Å². The highest BCUT2D eigenvalue weighted by Gasteiger charge is 2.21. The highest BCUT2D eigenvalue weighted by atomic mass is 16.3. The Morgan fingerprint density at radius 2 is 1.93 bits per heavy atom. The lowest BCUT2D eigenvalue weighted by Crippen LogP contribution is -2.25. The number of phenolic OH excluding ortho intramolecular Hbond substituents is 1. The Morgan fingerprint density at radius 1 is 1.07 bits per heavy atom. The standard InChI is InChI=1S/C18H16N6O.C2H6/c1-23-9-3-5-12-14(23)10-19-24-17(12)21-22-18(24)13-8-7-11-4-2-6-15(25)16(11)20-13;1-2/h2,4,6-8,10,25H,3,5,9H2,1H3;1-2H3. The second kappa shape index (κ2) is 6.83. The molecule has 27 heavy (non-hydrogen) atoms. The number of hydrogen-bond donors (Lipinski definition) is 1. The number of benzene rings is 1. The van der Waals surface area contributed by atoms with Crippen LogP contribution >= 0.6 is 0 Å². The van der Waals surface area contributed by atoms with Gasteiger partial charge in [0.15, 0.2) is 5.65 Å². The van der Waals surface area contributed by atoms with E-state index in [0.717, 1.165) is 36.1 Å². The van der Waals surface area contributed by atoms with Crippen LogP contribution in [0, 0.1) is 0 Å². The maximum absolute atomic E-state index is 10.1. The summed E-state index contributed by atoms with van der Waals surface area (Å²) >= 11 is 0. The maximum Gasteiger partial charge on any atom is 0.203 e. The molecule has 0 saturated heterocycles. The quantitative estimate of drug-likeness (QED) is 0.559. The van der Waals surface area contributed by atoms with Crippen molar-refractivity contribution in [2.45, 2.75) is 26.7 Å². The number of nitrogens with zero attached hydrogens (tertiary/aromatic N) is 6. The number of para-hydroxylation sites is 1. The van der Waals surface area contributed by atoms with Gasteiger partial charge in [0.05, 0.1) is 11.9 Å². The van der Waals surface area contributed by atoms with Gasteiger partial charge in [-0.15, -0.1) is 10.2 Å². The van der Waals surface area contributed by atoms with E-state index in [1.807, 2.05) is 38.2 Å². The SMILES string of the molecule is CC.CN1CCCc2c1cnn1c(-c3ccc4cccc(O)c4n3)nnc21. The van der Waals surface area contributed by atoms with Crippen molar-refractivity contribution < 1.29 is 5.11 Å². The number of hydrogen-bond acceptors (Lipinski definition) is 6. The Morgan fingerprint density at radius 3 is 2.78 bits per heavy atom. The number of phenols is 1. The molecule has 1 aliphatic rings. The predicted molar refractivity (Wildman–Crippen MR) is 106 cm³/mol. The monoisotopic (exact) mass is 362 g/mol. The van der Waals surface area contributed by atoms with Gasteiger partial charge >= 0.3 is 0 Å². The Bertz CT molecular complexity index is 1120. The van der Waals surface area contributed by atoms with Crippen LogP contribution in [-0.2, 0) is 6.42 Å². The predicted octanol–water partition coefficient (Wildman–Crippen LogP) is 3.45. The highest BCUT2D eigenvalue weighted by molar-refractivity contribution is 5.86. The molecule has 0 amide bonds. The van der Waals surface area contributed by atoms with Gasteiger partial charge in [-0.3, -0.25) is 0 Å². The zero-order chi connectivity index (χ0) is 19.0. The number of anilines is 1. The topological polar surface area (TPSA) is 79.4 Å². The smallest absolute Gasteiger partial charge is 0.203 e. The Kier molecular flexibility index (Phi) is 4.35. The molecule has 1 N–H and O–H groups in total. The average Bonchev–Trinajstić information content (AvgIpc) is 3.15. The lowest BCUT2D eigenvalue weighted by atomic mass is 10.1. The van der Waals surface area contributed by atoms with E-state index in [4.69, 9.17) is 0 Å². The molecule has 0 saturated carbocycles. The molecule has 0 radical (unpaired) electrons. The third-order valence-electron chi connectivity index (χ3n) is 4.77. The third-order valence-corrected chi connectivity index (χ3v) is 4.77. The van der Waals surface area contributed by atoms with Crippen LogP contribution in [0.15, 0.2) is 36.5 Å². The summed E-state index contributed by atoms with van der Waals surface area (Å²) in [7, 11) is 2.07. The number of aromatic hydroxyl groups is 1. The molecule has 4 aromatic rings. The summed E-state index contributed by atoms with van der Waals surface area (Å²) in [4.78, 5) is 6.77. The van der Waals surface area contributed by atoms with Gasteiger partial charge in [0.1, 0.15) is 17.0 Å². The largest absolute Gasteiger partial charge is 0.506 e. The van der Waals surface area contributed by atoms with Crippen molar-refractivity contribution in [3.8, 4) is 17.3 Å². The zero-order valence-corrected chi connectivity index (χ0v) is 15.7. The summed E-state index contributed by atoms with van der Waals surface area (Å²) in [6.07, 6.45) is 3.93. The van der Waals surface area contributed by atoms with Crippen LogP contribution in [0.1, 0.15) is 25.8 Å². The zero-order valence-electron chi connectivity index (χ0n) is 15.7. The first kappa shape index (κ1) is 17.2. The van der Waals surface area contributed by atoms with Crippen LogP contribution in [0.5, 0.6) is 5.75 Å². The summed E-state index contributed by atoms with van der Waals surface area (Å²) < 4.78 is 1.74. The summed E-state index contributed by atoms with van der Waals surface area (Å²) in [5.74, 6) is 0.733. The molecule has 0 bridgehead atoms. The molecular formula is C20H22N6O. The number of aromatic nitrogens is 5. The molecule has 1 aliphatic heterocycles. The van der Waals surface area contributed by atoms with Gasteiger partial charge < -0.3 is 10.0 Å². The van der Waals surface area contributed by atoms with Gasteiger partial charge in [-0.25, -0.2) is 4.98 Å². The fraction of sp³-hybridized carbons (Fsp3) is 0.300. The van der Waals surface area contributed by atoms with Crippen LogP contribution in [0.3, 0.4) is 0 Å². The summed E-state index contributed by atoms with van der Waals surface area (Å²) in [5.41, 5.74) is 4.25. The Hall–Kier alpha value is -3.22. The molecular weight excluding hydrogens is 340 g/mol. The van der Waals surface area contributed by atoms with E-state index in [9.17, 15) is 5.11 Å². The van der Waals surface area contributed by atoms with E-state index in [1.54, 1.807) is 16.6 Å². The van der Waals surface area contributed by atoms with E-state index in [-0.39, 0.29) is 5.75 Å². The van der Waals surface area contributed by atoms with Gasteiger partial charge in [-0.1, -0.05) is 32.0 Å². The minimum absolute atomic E-state index is 0.153. The van der Waals surface area contributed by atoms with Gasteiger partial charge in [0, 0.05) is 24.5 Å². The number of pyridine rings is 1. The van der Waals surface area contributed by atoms with Crippen molar-refractivity contribution in [3.63, 3.8) is 0 Å². The highest BCUT2D eigenvalue weighted by Crippen LogP contribution is 2.30. The van der Waals surface area contributed by atoms with Crippen LogP contribution < -0.4 is 4.90 Å². The van der Waals surface area contributed by atoms with Gasteiger partial charge in [0.2, 0.25) is 5.82 Å². The first-order valence-corrected chi connectivity index (χ1v) is 9.26. The molecule has 0 atom stereocenters. The van der Waals surface area contributed by atoms with E-state index in [0.29, 0.717) is 17.0 Å². The minimum atomic E-state index is 0.153. The van der Waals surface area contributed by atoms with Gasteiger partial charge in [-0.05, 0) is 25.0 Å². The molecule has 7 heteroatoms. The van der Waals surface area contributed by atoms with E-state index < -0.39 is 0 Å². The molecule has 138 valence electrons. The number of fused-ring (bicyclic) bond motifs is 4. The fourth-order valence-corrected chi connectivity index (χ4v) is 3.48. The molecule has 3 aromatic heterocycles. The molecule has 4 heterocycles. The average molecular weight is 362 g/mol. The summed E-state index contributed by atoms with van der Waals surface area (Å²) in [5, 5.41) is 24.2. The second-order valence-electron chi connectivity index (χ2n) is 6.34. The van der Waals surface area contributed by atoms with Crippen molar-refractivity contribution in [1.82, 2.24) is 24.8 Å². The van der Waals surface area contributed by atoms with Crippen molar-refractivity contribution in [2.24, 2.45) is 0 Å².